The number of piperazine rings is 1. The van der Waals surface area contributed by atoms with E-state index in [1.165, 1.54) is 0 Å². The summed E-state index contributed by atoms with van der Waals surface area (Å²) in [5.41, 5.74) is -0.0694. The second kappa shape index (κ2) is 6.30. The summed E-state index contributed by atoms with van der Waals surface area (Å²) < 4.78 is 26.7. The van der Waals surface area contributed by atoms with Crippen LogP contribution in [-0.4, -0.2) is 68.7 Å². The van der Waals surface area contributed by atoms with E-state index >= 15 is 0 Å². The molecular weight excluding hydrogens is 274 g/mol. The van der Waals surface area contributed by atoms with Crippen molar-refractivity contribution in [2.75, 3.05) is 45.5 Å². The van der Waals surface area contributed by atoms with Gasteiger partial charge in [0.25, 0.3) is 0 Å². The Bertz CT molecular complexity index is 416. The second-order valence-corrected chi connectivity index (χ2v) is 8.95. The Kier molecular flexibility index (Phi) is 5.10. The van der Waals surface area contributed by atoms with Gasteiger partial charge >= 0.3 is 0 Å². The molecule has 0 aliphatic carbocycles. The van der Waals surface area contributed by atoms with Crippen LogP contribution in [0.5, 0.6) is 0 Å². The van der Waals surface area contributed by atoms with Crippen molar-refractivity contribution >= 4 is 10.0 Å². The molecule has 2 fully saturated rings. The van der Waals surface area contributed by atoms with E-state index in [0.29, 0.717) is 24.8 Å². The van der Waals surface area contributed by atoms with Gasteiger partial charge in [-0.3, -0.25) is 4.90 Å². The molecular formula is C14H29N3O2S. The first-order valence-electron chi connectivity index (χ1n) is 7.71. The average Bonchev–Trinajstić information content (AvgIpc) is 2.41. The number of rotatable bonds is 4. The van der Waals surface area contributed by atoms with Crippen LogP contribution < -0.4 is 5.32 Å². The van der Waals surface area contributed by atoms with Crippen molar-refractivity contribution in [3.63, 3.8) is 0 Å². The van der Waals surface area contributed by atoms with Crippen molar-refractivity contribution < 1.29 is 8.42 Å². The number of sulfonamides is 1. The lowest BCUT2D eigenvalue weighted by atomic mass is 9.96. The van der Waals surface area contributed by atoms with Gasteiger partial charge in [-0.2, -0.15) is 4.31 Å². The number of likely N-dealkylation sites (N-methyl/N-ethyl adjacent to an activating group) is 1. The monoisotopic (exact) mass is 303 g/mol. The summed E-state index contributed by atoms with van der Waals surface area (Å²) in [7, 11) is -1.02. The minimum absolute atomic E-state index is 0.0694. The largest absolute Gasteiger partial charge is 0.317 e. The van der Waals surface area contributed by atoms with Gasteiger partial charge in [-0.1, -0.05) is 0 Å². The van der Waals surface area contributed by atoms with Crippen LogP contribution in [0.25, 0.3) is 0 Å². The van der Waals surface area contributed by atoms with Gasteiger partial charge in [0, 0.05) is 25.2 Å². The van der Waals surface area contributed by atoms with E-state index in [1.54, 1.807) is 4.31 Å². The average molecular weight is 303 g/mol. The molecule has 2 aliphatic heterocycles. The van der Waals surface area contributed by atoms with Gasteiger partial charge in [-0.25, -0.2) is 8.42 Å². The van der Waals surface area contributed by atoms with E-state index in [0.717, 1.165) is 38.9 Å². The zero-order chi connectivity index (χ0) is 14.8. The first-order valence-corrected chi connectivity index (χ1v) is 9.32. The van der Waals surface area contributed by atoms with Crippen molar-refractivity contribution in [2.45, 2.75) is 38.6 Å². The molecule has 2 rings (SSSR count). The molecule has 2 aliphatic rings. The van der Waals surface area contributed by atoms with E-state index < -0.39 is 10.0 Å². The molecule has 0 radical (unpaired) electrons. The smallest absolute Gasteiger partial charge is 0.214 e. The van der Waals surface area contributed by atoms with Crippen LogP contribution >= 0.6 is 0 Å². The fraction of sp³-hybridized carbons (Fsp3) is 1.00. The maximum atomic E-state index is 12.5. The standard InChI is InChI=1S/C14H29N3O2S/c1-14(2)12-17(10-9-16(14)3)20(18,19)11-6-13-4-7-15-8-5-13/h13,15H,4-12H2,1-3H3. The first-order chi connectivity index (χ1) is 9.31. The summed E-state index contributed by atoms with van der Waals surface area (Å²) in [5, 5.41) is 3.33. The Labute approximate surface area is 123 Å². The summed E-state index contributed by atoms with van der Waals surface area (Å²) in [5.74, 6) is 0.892. The highest BCUT2D eigenvalue weighted by atomic mass is 32.2. The zero-order valence-corrected chi connectivity index (χ0v) is 13.9. The highest BCUT2D eigenvalue weighted by Gasteiger charge is 2.36. The Balaban J connectivity index is 1.89. The molecule has 0 aromatic carbocycles. The number of hydrogen-bond acceptors (Lipinski definition) is 4. The van der Waals surface area contributed by atoms with Gasteiger partial charge in [0.2, 0.25) is 10.0 Å². The molecule has 0 aromatic heterocycles. The highest BCUT2D eigenvalue weighted by molar-refractivity contribution is 7.89. The molecule has 0 bridgehead atoms. The maximum Gasteiger partial charge on any atom is 0.214 e. The van der Waals surface area contributed by atoms with Gasteiger partial charge in [0.05, 0.1) is 5.75 Å². The Hall–Kier alpha value is -0.170. The summed E-state index contributed by atoms with van der Waals surface area (Å²) in [4.78, 5) is 2.24. The van der Waals surface area contributed by atoms with Crippen molar-refractivity contribution in [3.8, 4) is 0 Å². The van der Waals surface area contributed by atoms with Crippen molar-refractivity contribution in [1.82, 2.24) is 14.5 Å². The third kappa shape index (κ3) is 3.93. The topological polar surface area (TPSA) is 52.7 Å². The number of hydrogen-bond donors (Lipinski definition) is 1. The normalized spacial score (nSPS) is 26.8. The van der Waals surface area contributed by atoms with Gasteiger partial charge in [0.1, 0.15) is 0 Å². The quantitative estimate of drug-likeness (QED) is 0.832. The lowest BCUT2D eigenvalue weighted by Crippen LogP contribution is -2.59. The number of nitrogens with zero attached hydrogens (tertiary/aromatic N) is 2. The van der Waals surface area contributed by atoms with Crippen LogP contribution in [0.2, 0.25) is 0 Å². The molecule has 2 heterocycles. The van der Waals surface area contributed by atoms with E-state index in [2.05, 4.69) is 31.1 Å². The predicted octanol–water partition coefficient (Wildman–Crippen LogP) is 0.732. The van der Waals surface area contributed by atoms with E-state index in [-0.39, 0.29) is 5.54 Å². The van der Waals surface area contributed by atoms with Crippen LogP contribution in [0.3, 0.4) is 0 Å². The molecule has 0 aromatic rings. The maximum absolute atomic E-state index is 12.5. The molecule has 6 heteroatoms. The van der Waals surface area contributed by atoms with Gasteiger partial charge in [-0.15, -0.1) is 0 Å². The minimum atomic E-state index is -3.09. The van der Waals surface area contributed by atoms with Crippen molar-refractivity contribution in [3.05, 3.63) is 0 Å². The number of nitrogens with one attached hydrogen (secondary N) is 1. The third-order valence-corrected chi connectivity index (χ3v) is 6.77. The molecule has 2 saturated heterocycles. The summed E-state index contributed by atoms with van der Waals surface area (Å²) >= 11 is 0. The van der Waals surface area contributed by atoms with Crippen LogP contribution in [0.4, 0.5) is 0 Å². The molecule has 0 atom stereocenters. The van der Waals surface area contributed by atoms with Crippen LogP contribution in [0, 0.1) is 5.92 Å². The Morgan fingerprint density at radius 2 is 1.85 bits per heavy atom. The number of piperidine rings is 1. The molecule has 20 heavy (non-hydrogen) atoms. The highest BCUT2D eigenvalue weighted by Crippen LogP contribution is 2.23. The van der Waals surface area contributed by atoms with Crippen LogP contribution in [0.1, 0.15) is 33.1 Å². The summed E-state index contributed by atoms with van der Waals surface area (Å²) in [6.45, 7) is 8.35. The SMILES string of the molecule is CN1CCN(S(=O)(=O)CCC2CCNCC2)CC1(C)C. The molecule has 0 saturated carbocycles. The lowest BCUT2D eigenvalue weighted by molar-refractivity contribution is 0.0801. The molecule has 118 valence electrons. The summed E-state index contributed by atoms with van der Waals surface area (Å²) in [6.07, 6.45) is 3.05. The lowest BCUT2D eigenvalue weighted by Gasteiger charge is -2.44. The Morgan fingerprint density at radius 1 is 1.20 bits per heavy atom. The first kappa shape index (κ1) is 16.2. The summed E-state index contributed by atoms with van der Waals surface area (Å²) in [6, 6.07) is 0. The zero-order valence-electron chi connectivity index (χ0n) is 13.1. The minimum Gasteiger partial charge on any atom is -0.317 e. The molecule has 0 unspecified atom stereocenters. The van der Waals surface area contributed by atoms with E-state index in [4.69, 9.17) is 0 Å². The van der Waals surface area contributed by atoms with Gasteiger partial charge < -0.3 is 5.32 Å². The van der Waals surface area contributed by atoms with Crippen molar-refractivity contribution in [1.29, 1.82) is 0 Å². The van der Waals surface area contributed by atoms with E-state index in [1.807, 2.05) is 0 Å². The third-order valence-electron chi connectivity index (χ3n) is 4.92. The van der Waals surface area contributed by atoms with Crippen molar-refractivity contribution in [2.24, 2.45) is 5.92 Å². The predicted molar refractivity (Wildman–Crippen MR) is 82.3 cm³/mol. The van der Waals surface area contributed by atoms with Gasteiger partial charge in [0.15, 0.2) is 0 Å². The molecule has 0 amide bonds. The van der Waals surface area contributed by atoms with Crippen LogP contribution in [0.15, 0.2) is 0 Å². The van der Waals surface area contributed by atoms with E-state index in [9.17, 15) is 8.42 Å². The van der Waals surface area contributed by atoms with Crippen LogP contribution in [-0.2, 0) is 10.0 Å². The second-order valence-electron chi connectivity index (χ2n) is 6.87. The molecule has 1 N–H and O–H groups in total. The molecule has 5 nitrogen and oxygen atoms in total. The molecule has 0 spiro atoms. The fourth-order valence-corrected chi connectivity index (χ4v) is 4.81. The Morgan fingerprint density at radius 3 is 2.45 bits per heavy atom. The fourth-order valence-electron chi connectivity index (χ4n) is 3.05. The van der Waals surface area contributed by atoms with Gasteiger partial charge in [-0.05, 0) is 59.2 Å².